The molecule has 0 saturated heterocycles. The molecule has 1 saturated carbocycles. The predicted molar refractivity (Wildman–Crippen MR) is 70.7 cm³/mol. The Hall–Kier alpha value is -1.97. The topological polar surface area (TPSA) is 56.0 Å². The highest BCUT2D eigenvalue weighted by Gasteiger charge is 2.30. The van der Waals surface area contributed by atoms with Crippen LogP contribution in [0.4, 0.5) is 0 Å². The van der Waals surface area contributed by atoms with Crippen LogP contribution in [0.1, 0.15) is 43.6 Å². The van der Waals surface area contributed by atoms with Gasteiger partial charge in [-0.05, 0) is 24.8 Å². The molecule has 1 heterocycles. The van der Waals surface area contributed by atoms with E-state index in [9.17, 15) is 4.79 Å². The molecule has 19 heavy (non-hydrogen) atoms. The number of hydrogen-bond acceptors (Lipinski definition) is 4. The molecule has 1 aliphatic rings. The monoisotopic (exact) mass is 256 g/mol. The van der Waals surface area contributed by atoms with E-state index >= 15 is 0 Å². The summed E-state index contributed by atoms with van der Waals surface area (Å²) in [6, 6.07) is 8.10. The summed E-state index contributed by atoms with van der Waals surface area (Å²) < 4.78 is 5.25. The van der Waals surface area contributed by atoms with E-state index in [1.165, 1.54) is 5.56 Å². The highest BCUT2D eigenvalue weighted by Crippen LogP contribution is 2.31. The first kappa shape index (κ1) is 12.1. The van der Waals surface area contributed by atoms with Crippen LogP contribution in [-0.2, 0) is 11.2 Å². The standard InChI is InChI=1S/C15H16N2O2/c1-2-10-6-8-11(9-7-10)14-16-15(19-17-14)12-4-3-5-13(12)18/h6-9,12H,2-5H2,1H3. The molecule has 1 atom stereocenters. The second-order valence-corrected chi connectivity index (χ2v) is 4.92. The van der Waals surface area contributed by atoms with E-state index in [0.29, 0.717) is 18.1 Å². The summed E-state index contributed by atoms with van der Waals surface area (Å²) in [7, 11) is 0. The Morgan fingerprint density at radius 1 is 1.32 bits per heavy atom. The molecule has 0 amide bonds. The molecule has 1 aromatic carbocycles. The van der Waals surface area contributed by atoms with E-state index in [1.54, 1.807) is 0 Å². The molecule has 3 rings (SSSR count). The number of carbonyl (C=O) groups is 1. The lowest BCUT2D eigenvalue weighted by Gasteiger charge is -1.99. The average Bonchev–Trinajstić information content (AvgIpc) is 3.07. The van der Waals surface area contributed by atoms with Gasteiger partial charge in [0.2, 0.25) is 11.7 Å². The van der Waals surface area contributed by atoms with Gasteiger partial charge in [-0.3, -0.25) is 4.79 Å². The maximum atomic E-state index is 11.7. The van der Waals surface area contributed by atoms with Gasteiger partial charge in [-0.25, -0.2) is 0 Å². The van der Waals surface area contributed by atoms with Crippen molar-refractivity contribution in [2.45, 2.75) is 38.5 Å². The summed E-state index contributed by atoms with van der Waals surface area (Å²) in [4.78, 5) is 16.0. The van der Waals surface area contributed by atoms with Gasteiger partial charge >= 0.3 is 0 Å². The van der Waals surface area contributed by atoms with Gasteiger partial charge in [0, 0.05) is 12.0 Å². The van der Waals surface area contributed by atoms with Crippen LogP contribution in [0, 0.1) is 0 Å². The molecule has 1 aromatic heterocycles. The normalized spacial score (nSPS) is 19.0. The molecule has 0 N–H and O–H groups in total. The fourth-order valence-corrected chi connectivity index (χ4v) is 2.46. The Morgan fingerprint density at radius 2 is 2.11 bits per heavy atom. The highest BCUT2D eigenvalue weighted by molar-refractivity contribution is 5.86. The first-order valence-electron chi connectivity index (χ1n) is 6.73. The Kier molecular flexibility index (Phi) is 3.15. The van der Waals surface area contributed by atoms with Crippen LogP contribution in [0.5, 0.6) is 0 Å². The van der Waals surface area contributed by atoms with Crippen molar-refractivity contribution in [3.63, 3.8) is 0 Å². The fraction of sp³-hybridized carbons (Fsp3) is 0.400. The molecule has 0 bridgehead atoms. The molecular formula is C15H16N2O2. The number of hydrogen-bond donors (Lipinski definition) is 0. The van der Waals surface area contributed by atoms with Crippen LogP contribution in [0.2, 0.25) is 0 Å². The minimum absolute atomic E-state index is 0.184. The average molecular weight is 256 g/mol. The van der Waals surface area contributed by atoms with Crippen molar-refractivity contribution < 1.29 is 9.32 Å². The van der Waals surface area contributed by atoms with E-state index in [1.807, 2.05) is 12.1 Å². The SMILES string of the molecule is CCc1ccc(-c2noc(C3CCCC3=O)n2)cc1. The quantitative estimate of drug-likeness (QED) is 0.846. The van der Waals surface area contributed by atoms with Gasteiger partial charge in [-0.2, -0.15) is 4.98 Å². The number of Topliss-reactive ketones (excluding diaryl/α,β-unsaturated/α-hetero) is 1. The van der Waals surface area contributed by atoms with Crippen LogP contribution in [-0.4, -0.2) is 15.9 Å². The zero-order valence-electron chi connectivity index (χ0n) is 10.9. The second-order valence-electron chi connectivity index (χ2n) is 4.92. The molecule has 2 aromatic rings. The summed E-state index contributed by atoms with van der Waals surface area (Å²) in [5.41, 5.74) is 2.20. The van der Waals surface area contributed by atoms with Gasteiger partial charge in [0.15, 0.2) is 0 Å². The summed E-state index contributed by atoms with van der Waals surface area (Å²) in [6.07, 6.45) is 3.39. The first-order chi connectivity index (χ1) is 9.28. The number of nitrogens with zero attached hydrogens (tertiary/aromatic N) is 2. The number of aromatic nitrogens is 2. The third-order valence-electron chi connectivity index (χ3n) is 3.66. The number of aryl methyl sites for hydroxylation is 1. The molecular weight excluding hydrogens is 240 g/mol. The lowest BCUT2D eigenvalue weighted by atomic mass is 10.1. The van der Waals surface area contributed by atoms with Crippen molar-refractivity contribution >= 4 is 5.78 Å². The predicted octanol–water partition coefficient (Wildman–Crippen LogP) is 3.14. The first-order valence-corrected chi connectivity index (χ1v) is 6.73. The molecule has 4 heteroatoms. The summed E-state index contributed by atoms with van der Waals surface area (Å²) in [5.74, 6) is 1.07. The summed E-state index contributed by atoms with van der Waals surface area (Å²) >= 11 is 0. The summed E-state index contributed by atoms with van der Waals surface area (Å²) in [6.45, 7) is 2.12. The lowest BCUT2D eigenvalue weighted by Crippen LogP contribution is -2.04. The minimum Gasteiger partial charge on any atom is -0.338 e. The minimum atomic E-state index is -0.184. The van der Waals surface area contributed by atoms with Gasteiger partial charge in [0.1, 0.15) is 5.78 Å². The number of rotatable bonds is 3. The van der Waals surface area contributed by atoms with Gasteiger partial charge in [0.05, 0.1) is 5.92 Å². The van der Waals surface area contributed by atoms with E-state index in [4.69, 9.17) is 4.52 Å². The van der Waals surface area contributed by atoms with Crippen molar-refractivity contribution in [2.75, 3.05) is 0 Å². The molecule has 1 fully saturated rings. The lowest BCUT2D eigenvalue weighted by molar-refractivity contribution is -0.119. The Bertz CT molecular complexity index is 586. The Morgan fingerprint density at radius 3 is 2.74 bits per heavy atom. The van der Waals surface area contributed by atoms with Gasteiger partial charge in [-0.15, -0.1) is 0 Å². The molecule has 98 valence electrons. The molecule has 0 aliphatic heterocycles. The third-order valence-corrected chi connectivity index (χ3v) is 3.66. The number of ketones is 1. The molecule has 0 spiro atoms. The van der Waals surface area contributed by atoms with Crippen molar-refractivity contribution in [3.05, 3.63) is 35.7 Å². The Balaban J connectivity index is 1.85. The molecule has 1 unspecified atom stereocenters. The third kappa shape index (κ3) is 2.30. The van der Waals surface area contributed by atoms with Gasteiger partial charge in [0.25, 0.3) is 0 Å². The van der Waals surface area contributed by atoms with E-state index in [2.05, 4.69) is 29.2 Å². The Labute approximate surface area is 111 Å². The largest absolute Gasteiger partial charge is 0.338 e. The van der Waals surface area contributed by atoms with Crippen LogP contribution in [0.3, 0.4) is 0 Å². The van der Waals surface area contributed by atoms with Crippen LogP contribution >= 0.6 is 0 Å². The second kappa shape index (κ2) is 4.96. The van der Waals surface area contributed by atoms with Crippen molar-refractivity contribution in [2.24, 2.45) is 0 Å². The maximum absolute atomic E-state index is 11.7. The molecule has 4 nitrogen and oxygen atoms in total. The van der Waals surface area contributed by atoms with Gasteiger partial charge in [-0.1, -0.05) is 36.3 Å². The van der Waals surface area contributed by atoms with Crippen molar-refractivity contribution in [1.29, 1.82) is 0 Å². The van der Waals surface area contributed by atoms with E-state index < -0.39 is 0 Å². The van der Waals surface area contributed by atoms with Crippen molar-refractivity contribution in [3.8, 4) is 11.4 Å². The molecule has 0 radical (unpaired) electrons. The number of carbonyl (C=O) groups excluding carboxylic acids is 1. The van der Waals surface area contributed by atoms with Gasteiger partial charge < -0.3 is 4.52 Å². The van der Waals surface area contributed by atoms with Crippen LogP contribution < -0.4 is 0 Å². The maximum Gasteiger partial charge on any atom is 0.237 e. The van der Waals surface area contributed by atoms with Crippen LogP contribution in [0.15, 0.2) is 28.8 Å². The van der Waals surface area contributed by atoms with Crippen molar-refractivity contribution in [1.82, 2.24) is 10.1 Å². The highest BCUT2D eigenvalue weighted by atomic mass is 16.5. The summed E-state index contributed by atoms with van der Waals surface area (Å²) in [5, 5.41) is 3.98. The molecule has 1 aliphatic carbocycles. The zero-order valence-corrected chi connectivity index (χ0v) is 10.9. The van der Waals surface area contributed by atoms with Crippen LogP contribution in [0.25, 0.3) is 11.4 Å². The fourth-order valence-electron chi connectivity index (χ4n) is 2.46. The van der Waals surface area contributed by atoms with E-state index in [-0.39, 0.29) is 11.7 Å². The zero-order chi connectivity index (χ0) is 13.2. The number of benzene rings is 1. The smallest absolute Gasteiger partial charge is 0.237 e. The van der Waals surface area contributed by atoms with E-state index in [0.717, 1.165) is 24.8 Å².